The summed E-state index contributed by atoms with van der Waals surface area (Å²) in [5.41, 5.74) is 8.11. The molecule has 21 heavy (non-hydrogen) atoms. The lowest BCUT2D eigenvalue weighted by molar-refractivity contribution is -0.177. The van der Waals surface area contributed by atoms with E-state index in [2.05, 4.69) is 4.98 Å². The highest BCUT2D eigenvalue weighted by Crippen LogP contribution is 2.23. The van der Waals surface area contributed by atoms with Gasteiger partial charge in [-0.3, -0.25) is 0 Å². The van der Waals surface area contributed by atoms with E-state index in [9.17, 15) is 13.2 Å². The van der Waals surface area contributed by atoms with E-state index in [0.717, 1.165) is 16.6 Å². The molecule has 0 spiro atoms. The van der Waals surface area contributed by atoms with Crippen LogP contribution in [0, 0.1) is 0 Å². The number of alkyl halides is 3. The summed E-state index contributed by atoms with van der Waals surface area (Å²) < 4.78 is 43.1. The van der Waals surface area contributed by atoms with Crippen molar-refractivity contribution < 1.29 is 17.9 Å². The van der Waals surface area contributed by atoms with Crippen LogP contribution < -0.4 is 5.73 Å². The van der Waals surface area contributed by atoms with Gasteiger partial charge in [0.2, 0.25) is 0 Å². The third-order valence-electron chi connectivity index (χ3n) is 3.08. The Hall–Kier alpha value is -1.60. The molecule has 2 rings (SSSR count). The van der Waals surface area contributed by atoms with Crippen LogP contribution in [0.3, 0.4) is 0 Å². The summed E-state index contributed by atoms with van der Waals surface area (Å²) in [7, 11) is 0. The van der Waals surface area contributed by atoms with E-state index in [1.165, 1.54) is 0 Å². The van der Waals surface area contributed by atoms with Gasteiger partial charge < -0.3 is 15.0 Å². The molecule has 1 heterocycles. The molecule has 0 saturated heterocycles. The Balaban J connectivity index is 2.31. The first-order valence-corrected chi connectivity index (χ1v) is 6.66. The fourth-order valence-electron chi connectivity index (χ4n) is 2.26. The number of hydrogen-bond acceptors (Lipinski definition) is 3. The standard InChI is InChI=1S/C14H18F3N3O/c1-9(2)20-12-4-3-10(6-18)5-11(12)19-13(20)7-21-8-14(15,16)17/h3-5,9H,6-8,18H2,1-2H3. The van der Waals surface area contributed by atoms with Crippen LogP contribution in [-0.4, -0.2) is 22.3 Å². The summed E-state index contributed by atoms with van der Waals surface area (Å²) in [5, 5.41) is 0. The highest BCUT2D eigenvalue weighted by atomic mass is 19.4. The number of nitrogens with two attached hydrogens (primary N) is 1. The van der Waals surface area contributed by atoms with Gasteiger partial charge in [0.25, 0.3) is 0 Å². The van der Waals surface area contributed by atoms with Gasteiger partial charge in [0.05, 0.1) is 11.0 Å². The van der Waals surface area contributed by atoms with Crippen molar-refractivity contribution in [2.45, 2.75) is 39.2 Å². The Morgan fingerprint density at radius 2 is 2.05 bits per heavy atom. The van der Waals surface area contributed by atoms with Gasteiger partial charge in [-0.2, -0.15) is 13.2 Å². The third-order valence-corrected chi connectivity index (χ3v) is 3.08. The Morgan fingerprint density at radius 1 is 1.33 bits per heavy atom. The molecule has 0 saturated carbocycles. The molecule has 2 N–H and O–H groups in total. The minimum absolute atomic E-state index is 0.0724. The van der Waals surface area contributed by atoms with Crippen LogP contribution in [-0.2, 0) is 17.9 Å². The van der Waals surface area contributed by atoms with Gasteiger partial charge in [-0.05, 0) is 31.5 Å². The lowest BCUT2D eigenvalue weighted by Gasteiger charge is -2.14. The normalized spacial score (nSPS) is 12.5. The van der Waals surface area contributed by atoms with E-state index in [-0.39, 0.29) is 12.6 Å². The maximum Gasteiger partial charge on any atom is 0.411 e. The second kappa shape index (κ2) is 6.03. The molecule has 0 aliphatic heterocycles. The summed E-state index contributed by atoms with van der Waals surface area (Å²) >= 11 is 0. The maximum atomic E-state index is 12.2. The van der Waals surface area contributed by atoms with Crippen LogP contribution in [0.1, 0.15) is 31.3 Å². The number of benzene rings is 1. The summed E-state index contributed by atoms with van der Waals surface area (Å²) in [6.07, 6.45) is -4.33. The first-order valence-electron chi connectivity index (χ1n) is 6.66. The van der Waals surface area contributed by atoms with Crippen molar-refractivity contribution in [3.05, 3.63) is 29.6 Å². The van der Waals surface area contributed by atoms with Crippen molar-refractivity contribution in [1.29, 1.82) is 0 Å². The molecule has 116 valence electrons. The van der Waals surface area contributed by atoms with Gasteiger partial charge in [-0.15, -0.1) is 0 Å². The smallest absolute Gasteiger partial charge is 0.364 e. The molecule has 0 fully saturated rings. The summed E-state index contributed by atoms with van der Waals surface area (Å²) in [5.74, 6) is 0.485. The molecule has 0 aliphatic rings. The first-order chi connectivity index (χ1) is 9.81. The first kappa shape index (κ1) is 15.8. The average Bonchev–Trinajstić information content (AvgIpc) is 2.74. The zero-order chi connectivity index (χ0) is 15.6. The lowest BCUT2D eigenvalue weighted by Crippen LogP contribution is -2.18. The second-order valence-electron chi connectivity index (χ2n) is 5.13. The molecule has 2 aromatic rings. The molecule has 0 atom stereocenters. The predicted molar refractivity (Wildman–Crippen MR) is 73.7 cm³/mol. The largest absolute Gasteiger partial charge is 0.411 e. The van der Waals surface area contributed by atoms with Crippen molar-refractivity contribution in [2.24, 2.45) is 5.73 Å². The molecule has 1 aromatic carbocycles. The van der Waals surface area contributed by atoms with Gasteiger partial charge in [0, 0.05) is 12.6 Å². The fourth-order valence-corrected chi connectivity index (χ4v) is 2.26. The van der Waals surface area contributed by atoms with Crippen molar-refractivity contribution in [3.8, 4) is 0 Å². The molecule has 0 aliphatic carbocycles. The molecule has 0 amide bonds. The van der Waals surface area contributed by atoms with Crippen LogP contribution >= 0.6 is 0 Å². The number of nitrogens with zero attached hydrogens (tertiary/aromatic N) is 2. The van der Waals surface area contributed by atoms with Crippen molar-refractivity contribution >= 4 is 11.0 Å². The zero-order valence-corrected chi connectivity index (χ0v) is 11.9. The van der Waals surface area contributed by atoms with Crippen molar-refractivity contribution in [2.75, 3.05) is 6.61 Å². The average molecular weight is 301 g/mol. The maximum absolute atomic E-state index is 12.2. The summed E-state index contributed by atoms with van der Waals surface area (Å²) in [6.45, 7) is 2.84. The minimum atomic E-state index is -4.33. The Bertz CT molecular complexity index is 620. The van der Waals surface area contributed by atoms with Gasteiger partial charge in [0.15, 0.2) is 0 Å². The Morgan fingerprint density at radius 3 is 2.62 bits per heavy atom. The quantitative estimate of drug-likeness (QED) is 0.923. The number of hydrogen-bond donors (Lipinski definition) is 1. The molecule has 1 aromatic heterocycles. The molecule has 7 heteroatoms. The number of rotatable bonds is 5. The third kappa shape index (κ3) is 3.74. The topological polar surface area (TPSA) is 53.1 Å². The van der Waals surface area contributed by atoms with Gasteiger partial charge in [-0.25, -0.2) is 4.98 Å². The predicted octanol–water partition coefficient (Wildman–Crippen LogP) is 3.15. The zero-order valence-electron chi connectivity index (χ0n) is 11.9. The molecular weight excluding hydrogens is 283 g/mol. The Kier molecular flexibility index (Phi) is 4.53. The van der Waals surface area contributed by atoms with Gasteiger partial charge >= 0.3 is 6.18 Å². The summed E-state index contributed by atoms with van der Waals surface area (Å²) in [4.78, 5) is 4.38. The van der Waals surface area contributed by atoms with E-state index in [4.69, 9.17) is 10.5 Å². The van der Waals surface area contributed by atoms with E-state index in [0.29, 0.717) is 12.4 Å². The van der Waals surface area contributed by atoms with Crippen LogP contribution in [0.2, 0.25) is 0 Å². The number of aromatic nitrogens is 2. The highest BCUT2D eigenvalue weighted by molar-refractivity contribution is 5.77. The SMILES string of the molecule is CC(C)n1c(COCC(F)(F)F)nc2cc(CN)ccc21. The lowest BCUT2D eigenvalue weighted by atomic mass is 10.2. The van der Waals surface area contributed by atoms with Crippen LogP contribution in [0.15, 0.2) is 18.2 Å². The number of imidazole rings is 1. The Labute approximate surface area is 120 Å². The molecule has 0 radical (unpaired) electrons. The van der Waals surface area contributed by atoms with Crippen molar-refractivity contribution in [3.63, 3.8) is 0 Å². The van der Waals surface area contributed by atoms with Gasteiger partial charge in [0.1, 0.15) is 19.0 Å². The molecule has 0 unspecified atom stereocenters. The highest BCUT2D eigenvalue weighted by Gasteiger charge is 2.27. The minimum Gasteiger partial charge on any atom is -0.364 e. The summed E-state index contributed by atoms with van der Waals surface area (Å²) in [6, 6.07) is 5.70. The van der Waals surface area contributed by atoms with E-state index in [1.54, 1.807) is 0 Å². The van der Waals surface area contributed by atoms with Crippen LogP contribution in [0.25, 0.3) is 11.0 Å². The molecule has 0 bridgehead atoms. The van der Waals surface area contributed by atoms with Crippen molar-refractivity contribution in [1.82, 2.24) is 9.55 Å². The van der Waals surface area contributed by atoms with Gasteiger partial charge in [-0.1, -0.05) is 6.07 Å². The number of halogens is 3. The monoisotopic (exact) mass is 301 g/mol. The van der Waals surface area contributed by atoms with E-state index >= 15 is 0 Å². The second-order valence-corrected chi connectivity index (χ2v) is 5.13. The van der Waals surface area contributed by atoms with Crippen LogP contribution in [0.5, 0.6) is 0 Å². The van der Waals surface area contributed by atoms with Crippen LogP contribution in [0.4, 0.5) is 13.2 Å². The molecular formula is C14H18F3N3O. The van der Waals surface area contributed by atoms with E-state index < -0.39 is 12.8 Å². The number of ether oxygens (including phenoxy) is 1. The molecule has 4 nitrogen and oxygen atoms in total. The fraction of sp³-hybridized carbons (Fsp3) is 0.500. The van der Waals surface area contributed by atoms with E-state index in [1.807, 2.05) is 36.6 Å². The number of fused-ring (bicyclic) bond motifs is 1.